The average Bonchev–Trinajstić information content (AvgIpc) is 2.36. The highest BCUT2D eigenvalue weighted by atomic mass is 32.2. The van der Waals surface area contributed by atoms with E-state index in [-0.39, 0.29) is 22.5 Å². The largest absolute Gasteiger partial charge is 0.392 e. The second-order valence-electron chi connectivity index (χ2n) is 5.44. The van der Waals surface area contributed by atoms with Crippen LogP contribution in [0.1, 0.15) is 19.4 Å². The molecule has 1 aromatic rings. The van der Waals surface area contributed by atoms with Crippen molar-refractivity contribution in [1.82, 2.24) is 9.62 Å². The van der Waals surface area contributed by atoms with Crippen molar-refractivity contribution in [3.63, 3.8) is 0 Å². The molecular weight excluding hydrogens is 283 g/mol. The molecule has 0 spiro atoms. The maximum atomic E-state index is 13.2. The SMILES string of the molecule is CN(C)C(C)(C)CNS(=O)(=O)c1cc(F)ccc1CO. The molecule has 0 aromatic heterocycles. The van der Waals surface area contributed by atoms with Crippen LogP contribution in [0.2, 0.25) is 0 Å². The number of rotatable bonds is 6. The van der Waals surface area contributed by atoms with E-state index in [0.29, 0.717) is 0 Å². The standard InChI is InChI=1S/C13H21FN2O3S/c1-13(2,16(3)4)9-15-20(18,19)12-7-11(14)6-5-10(12)8-17/h5-7,15,17H,8-9H2,1-4H3. The van der Waals surface area contributed by atoms with E-state index in [9.17, 15) is 12.8 Å². The van der Waals surface area contributed by atoms with Crippen molar-refractivity contribution in [2.24, 2.45) is 0 Å². The molecule has 1 aromatic carbocycles. The number of likely N-dealkylation sites (N-methyl/N-ethyl adjacent to an activating group) is 1. The second kappa shape index (κ2) is 6.17. The van der Waals surface area contributed by atoms with Crippen LogP contribution < -0.4 is 4.72 Å². The number of hydrogen-bond donors (Lipinski definition) is 2. The fourth-order valence-corrected chi connectivity index (χ4v) is 2.86. The summed E-state index contributed by atoms with van der Waals surface area (Å²) in [7, 11) is -0.183. The summed E-state index contributed by atoms with van der Waals surface area (Å²) < 4.78 is 40.1. The maximum Gasteiger partial charge on any atom is 0.241 e. The lowest BCUT2D eigenvalue weighted by molar-refractivity contribution is 0.199. The van der Waals surface area contributed by atoms with Crippen molar-refractivity contribution in [2.45, 2.75) is 30.9 Å². The van der Waals surface area contributed by atoms with Gasteiger partial charge in [-0.1, -0.05) is 6.07 Å². The van der Waals surface area contributed by atoms with Crippen LogP contribution in [0.5, 0.6) is 0 Å². The molecule has 0 saturated carbocycles. The minimum atomic E-state index is -3.87. The van der Waals surface area contributed by atoms with Gasteiger partial charge in [-0.25, -0.2) is 17.5 Å². The minimum Gasteiger partial charge on any atom is -0.392 e. The van der Waals surface area contributed by atoms with Gasteiger partial charge in [0.2, 0.25) is 10.0 Å². The fourth-order valence-electron chi connectivity index (χ4n) is 1.42. The zero-order valence-electron chi connectivity index (χ0n) is 12.1. The Kier molecular flexibility index (Phi) is 5.26. The van der Waals surface area contributed by atoms with Gasteiger partial charge in [-0.2, -0.15) is 0 Å². The summed E-state index contributed by atoms with van der Waals surface area (Å²) >= 11 is 0. The number of benzene rings is 1. The summed E-state index contributed by atoms with van der Waals surface area (Å²) in [5.41, 5.74) is -0.221. The minimum absolute atomic E-state index is 0.168. The number of aliphatic hydroxyl groups is 1. The third-order valence-electron chi connectivity index (χ3n) is 3.39. The Hall–Kier alpha value is -1.02. The summed E-state index contributed by atoms with van der Waals surface area (Å²) in [6.07, 6.45) is 0. The molecule has 5 nitrogen and oxygen atoms in total. The molecule has 0 heterocycles. The normalized spacial score (nSPS) is 12.9. The molecule has 0 amide bonds. The van der Waals surface area contributed by atoms with Crippen molar-refractivity contribution in [3.8, 4) is 0 Å². The van der Waals surface area contributed by atoms with Gasteiger partial charge in [-0.15, -0.1) is 0 Å². The van der Waals surface area contributed by atoms with Gasteiger partial charge in [0.05, 0.1) is 11.5 Å². The van der Waals surface area contributed by atoms with E-state index in [4.69, 9.17) is 5.11 Å². The van der Waals surface area contributed by atoms with E-state index in [1.807, 2.05) is 32.8 Å². The predicted octanol–water partition coefficient (Wildman–Crippen LogP) is 0.936. The highest BCUT2D eigenvalue weighted by molar-refractivity contribution is 7.89. The molecule has 20 heavy (non-hydrogen) atoms. The lowest BCUT2D eigenvalue weighted by Crippen LogP contribution is -2.48. The van der Waals surface area contributed by atoms with Crippen molar-refractivity contribution < 1.29 is 17.9 Å². The number of nitrogens with zero attached hydrogens (tertiary/aromatic N) is 1. The van der Waals surface area contributed by atoms with Crippen LogP contribution in [0.3, 0.4) is 0 Å². The number of sulfonamides is 1. The molecule has 0 bridgehead atoms. The summed E-state index contributed by atoms with van der Waals surface area (Å²) in [5.74, 6) is -0.658. The molecule has 0 aliphatic rings. The van der Waals surface area contributed by atoms with Crippen molar-refractivity contribution in [2.75, 3.05) is 20.6 Å². The first-order chi connectivity index (χ1) is 9.10. The third kappa shape index (κ3) is 3.99. The van der Waals surface area contributed by atoms with Crippen LogP contribution in [0.15, 0.2) is 23.1 Å². The fraction of sp³-hybridized carbons (Fsp3) is 0.538. The van der Waals surface area contributed by atoms with Gasteiger partial charge in [0.1, 0.15) is 5.82 Å². The second-order valence-corrected chi connectivity index (χ2v) is 7.18. The Morgan fingerprint density at radius 3 is 2.45 bits per heavy atom. The Morgan fingerprint density at radius 1 is 1.35 bits per heavy atom. The summed E-state index contributed by atoms with van der Waals surface area (Å²) in [5, 5.41) is 9.17. The number of nitrogens with one attached hydrogen (secondary N) is 1. The van der Waals surface area contributed by atoms with E-state index in [1.165, 1.54) is 6.07 Å². The van der Waals surface area contributed by atoms with Gasteiger partial charge < -0.3 is 10.0 Å². The summed E-state index contributed by atoms with van der Waals surface area (Å²) in [6, 6.07) is 3.30. The van der Waals surface area contributed by atoms with Crippen LogP contribution in [0.4, 0.5) is 4.39 Å². The van der Waals surface area contributed by atoms with Crippen LogP contribution in [0, 0.1) is 5.82 Å². The molecule has 0 aliphatic heterocycles. The van der Waals surface area contributed by atoms with Crippen molar-refractivity contribution >= 4 is 10.0 Å². The summed E-state index contributed by atoms with van der Waals surface area (Å²) in [4.78, 5) is 1.66. The van der Waals surface area contributed by atoms with Crippen LogP contribution in [-0.2, 0) is 16.6 Å². The van der Waals surface area contributed by atoms with E-state index < -0.39 is 22.4 Å². The number of aliphatic hydroxyl groups excluding tert-OH is 1. The van der Waals surface area contributed by atoms with E-state index >= 15 is 0 Å². The van der Waals surface area contributed by atoms with Gasteiger partial charge in [0.25, 0.3) is 0 Å². The molecular formula is C13H21FN2O3S. The van der Waals surface area contributed by atoms with Crippen molar-refractivity contribution in [1.29, 1.82) is 0 Å². The van der Waals surface area contributed by atoms with Gasteiger partial charge in [0.15, 0.2) is 0 Å². The molecule has 114 valence electrons. The topological polar surface area (TPSA) is 69.6 Å². The molecule has 0 atom stereocenters. The van der Waals surface area contributed by atoms with Gasteiger partial charge in [-0.3, -0.25) is 0 Å². The Labute approximate surface area is 119 Å². The first-order valence-electron chi connectivity index (χ1n) is 6.16. The number of halogens is 1. The van der Waals surface area contributed by atoms with Crippen LogP contribution >= 0.6 is 0 Å². The Morgan fingerprint density at radius 2 is 1.95 bits per heavy atom. The predicted molar refractivity (Wildman–Crippen MR) is 75.3 cm³/mol. The van der Waals surface area contributed by atoms with E-state index in [0.717, 1.165) is 12.1 Å². The van der Waals surface area contributed by atoms with Gasteiger partial charge in [0, 0.05) is 12.1 Å². The molecule has 0 unspecified atom stereocenters. The molecule has 0 fully saturated rings. The van der Waals surface area contributed by atoms with Crippen LogP contribution in [0.25, 0.3) is 0 Å². The van der Waals surface area contributed by atoms with E-state index in [1.54, 1.807) is 0 Å². The maximum absolute atomic E-state index is 13.2. The average molecular weight is 304 g/mol. The zero-order chi connectivity index (χ0) is 15.6. The lowest BCUT2D eigenvalue weighted by atomic mass is 10.1. The Bertz CT molecular complexity index is 571. The lowest BCUT2D eigenvalue weighted by Gasteiger charge is -2.32. The zero-order valence-corrected chi connectivity index (χ0v) is 13.0. The first-order valence-corrected chi connectivity index (χ1v) is 7.65. The van der Waals surface area contributed by atoms with Crippen LogP contribution in [-0.4, -0.2) is 44.6 Å². The first kappa shape index (κ1) is 17.0. The molecule has 0 aliphatic carbocycles. The highest BCUT2D eigenvalue weighted by Gasteiger charge is 2.25. The molecule has 2 N–H and O–H groups in total. The molecule has 7 heteroatoms. The van der Waals surface area contributed by atoms with Gasteiger partial charge in [-0.05, 0) is 45.6 Å². The summed E-state index contributed by atoms with van der Waals surface area (Å²) in [6.45, 7) is 3.47. The quantitative estimate of drug-likeness (QED) is 0.820. The number of hydrogen-bond acceptors (Lipinski definition) is 4. The monoisotopic (exact) mass is 304 g/mol. The molecule has 0 radical (unpaired) electrons. The Balaban J connectivity index is 3.03. The van der Waals surface area contributed by atoms with E-state index in [2.05, 4.69) is 4.72 Å². The molecule has 0 saturated heterocycles. The third-order valence-corrected chi connectivity index (χ3v) is 4.88. The molecule has 1 rings (SSSR count). The van der Waals surface area contributed by atoms with Gasteiger partial charge >= 0.3 is 0 Å². The van der Waals surface area contributed by atoms with Crippen molar-refractivity contribution in [3.05, 3.63) is 29.6 Å². The smallest absolute Gasteiger partial charge is 0.241 e. The highest BCUT2D eigenvalue weighted by Crippen LogP contribution is 2.18.